The lowest BCUT2D eigenvalue weighted by molar-refractivity contribution is -0.137. The summed E-state index contributed by atoms with van der Waals surface area (Å²) in [4.78, 5) is 16.3. The lowest BCUT2D eigenvalue weighted by Gasteiger charge is -2.34. The van der Waals surface area contributed by atoms with E-state index in [1.807, 2.05) is 0 Å². The van der Waals surface area contributed by atoms with Gasteiger partial charge in [0.15, 0.2) is 0 Å². The number of amides is 1. The first-order chi connectivity index (χ1) is 15.2. The molecule has 0 aliphatic heterocycles. The van der Waals surface area contributed by atoms with Gasteiger partial charge in [-0.05, 0) is 75.4 Å². The van der Waals surface area contributed by atoms with Crippen molar-refractivity contribution >= 4 is 6.09 Å². The molecule has 0 atom stereocenters. The molecular weight excluding hydrogens is 421 g/mol. The highest BCUT2D eigenvalue weighted by atomic mass is 19.4. The summed E-state index contributed by atoms with van der Waals surface area (Å²) in [6, 6.07) is 4.29. The number of benzene rings is 1. The van der Waals surface area contributed by atoms with Crippen molar-refractivity contribution < 1.29 is 27.8 Å². The molecule has 1 fully saturated rings. The molecule has 1 aromatic carbocycles. The maximum atomic E-state index is 12.6. The van der Waals surface area contributed by atoms with Crippen molar-refractivity contribution in [1.82, 2.24) is 9.80 Å². The standard InChI is InChI=1S/C24H37F3N2O3/c1-3-29(17-18-30)16-6-4-5-7-19-8-12-21(13-9-19)28(2)23(31)32-22-14-10-20(11-15-22)24(25,26)27/h10-11,14-15,19,21,30H,3-9,12-13,16-18H2,1-2H3/t19-,21-. The van der Waals surface area contributed by atoms with Crippen LogP contribution in [0.1, 0.15) is 63.9 Å². The third-order valence-corrected chi connectivity index (χ3v) is 6.49. The van der Waals surface area contributed by atoms with E-state index in [2.05, 4.69) is 11.8 Å². The first kappa shape index (κ1) is 26.5. The minimum Gasteiger partial charge on any atom is -0.410 e. The Morgan fingerprint density at radius 1 is 1.06 bits per heavy atom. The monoisotopic (exact) mass is 458 g/mol. The van der Waals surface area contributed by atoms with Crippen molar-refractivity contribution in [3.05, 3.63) is 29.8 Å². The number of hydrogen-bond acceptors (Lipinski definition) is 4. The van der Waals surface area contributed by atoms with Crippen LogP contribution >= 0.6 is 0 Å². The van der Waals surface area contributed by atoms with E-state index >= 15 is 0 Å². The number of halogens is 3. The Morgan fingerprint density at radius 3 is 2.28 bits per heavy atom. The predicted octanol–water partition coefficient (Wildman–Crippen LogP) is 5.57. The van der Waals surface area contributed by atoms with Crippen LogP contribution in [0, 0.1) is 5.92 Å². The van der Waals surface area contributed by atoms with Crippen LogP contribution < -0.4 is 4.74 Å². The zero-order valence-corrected chi connectivity index (χ0v) is 19.2. The molecule has 0 saturated heterocycles. The predicted molar refractivity (Wildman–Crippen MR) is 119 cm³/mol. The Bertz CT molecular complexity index is 674. The summed E-state index contributed by atoms with van der Waals surface area (Å²) in [5.74, 6) is 0.800. The van der Waals surface area contributed by atoms with Gasteiger partial charge in [0.05, 0.1) is 12.2 Å². The van der Waals surface area contributed by atoms with Gasteiger partial charge in [0.2, 0.25) is 0 Å². The van der Waals surface area contributed by atoms with Gasteiger partial charge in [0.1, 0.15) is 5.75 Å². The molecule has 5 nitrogen and oxygen atoms in total. The summed E-state index contributed by atoms with van der Waals surface area (Å²) in [5.41, 5.74) is -0.767. The number of carbonyl (C=O) groups is 1. The maximum absolute atomic E-state index is 12.6. The second kappa shape index (κ2) is 13.0. The Labute approximate surface area is 189 Å². The molecule has 1 aromatic rings. The molecule has 0 spiro atoms. The number of carbonyl (C=O) groups excluding carboxylic acids is 1. The van der Waals surface area contributed by atoms with Gasteiger partial charge in [0.25, 0.3) is 0 Å². The fourth-order valence-corrected chi connectivity index (χ4v) is 4.37. The number of nitrogens with zero attached hydrogens (tertiary/aromatic N) is 2. The quantitative estimate of drug-likeness (QED) is 0.441. The van der Waals surface area contributed by atoms with Gasteiger partial charge >= 0.3 is 12.3 Å². The molecule has 32 heavy (non-hydrogen) atoms. The second-order valence-electron chi connectivity index (χ2n) is 8.68. The third-order valence-electron chi connectivity index (χ3n) is 6.49. The summed E-state index contributed by atoms with van der Waals surface area (Å²) in [6.45, 7) is 5.08. The van der Waals surface area contributed by atoms with Crippen molar-refractivity contribution in [2.45, 2.75) is 70.5 Å². The molecule has 182 valence electrons. The van der Waals surface area contributed by atoms with Crippen LogP contribution in [0.3, 0.4) is 0 Å². The fraction of sp³-hybridized carbons (Fsp3) is 0.708. The normalized spacial score (nSPS) is 19.2. The highest BCUT2D eigenvalue weighted by Gasteiger charge is 2.31. The van der Waals surface area contributed by atoms with Crippen LogP contribution in [-0.4, -0.2) is 60.3 Å². The average molecular weight is 459 g/mol. The summed E-state index contributed by atoms with van der Waals surface area (Å²) in [5, 5.41) is 9.03. The highest BCUT2D eigenvalue weighted by molar-refractivity contribution is 5.70. The Hall–Kier alpha value is -1.80. The minimum absolute atomic E-state index is 0.102. The molecule has 1 amide bonds. The van der Waals surface area contributed by atoms with Gasteiger partial charge in [-0.25, -0.2) is 4.79 Å². The number of alkyl halides is 3. The molecule has 8 heteroatoms. The van der Waals surface area contributed by atoms with Gasteiger partial charge < -0.3 is 19.6 Å². The number of unbranched alkanes of at least 4 members (excludes halogenated alkanes) is 2. The molecule has 0 bridgehead atoms. The molecular formula is C24H37F3N2O3. The molecule has 1 saturated carbocycles. The molecule has 0 aromatic heterocycles. The first-order valence-corrected chi connectivity index (χ1v) is 11.7. The van der Waals surface area contributed by atoms with Crippen LogP contribution in [0.2, 0.25) is 0 Å². The number of aliphatic hydroxyl groups is 1. The van der Waals surface area contributed by atoms with Crippen molar-refractivity contribution in [2.75, 3.05) is 33.3 Å². The first-order valence-electron chi connectivity index (χ1n) is 11.7. The van der Waals surface area contributed by atoms with Gasteiger partial charge in [-0.3, -0.25) is 0 Å². The van der Waals surface area contributed by atoms with E-state index < -0.39 is 17.8 Å². The van der Waals surface area contributed by atoms with Gasteiger partial charge in [-0.15, -0.1) is 0 Å². The summed E-state index contributed by atoms with van der Waals surface area (Å²) >= 11 is 0. The molecule has 0 unspecified atom stereocenters. The van der Waals surface area contributed by atoms with Crippen molar-refractivity contribution in [1.29, 1.82) is 0 Å². The minimum atomic E-state index is -4.41. The molecule has 2 rings (SSSR count). The van der Waals surface area contributed by atoms with E-state index in [1.165, 1.54) is 31.4 Å². The Balaban J connectivity index is 1.66. The van der Waals surface area contributed by atoms with Crippen molar-refractivity contribution in [3.63, 3.8) is 0 Å². The lowest BCUT2D eigenvalue weighted by atomic mass is 9.82. The maximum Gasteiger partial charge on any atom is 0.416 e. The van der Waals surface area contributed by atoms with Crippen LogP contribution in [0.5, 0.6) is 5.75 Å². The van der Waals surface area contributed by atoms with E-state index in [9.17, 15) is 18.0 Å². The van der Waals surface area contributed by atoms with E-state index in [0.717, 1.165) is 63.9 Å². The van der Waals surface area contributed by atoms with Crippen LogP contribution in [0.15, 0.2) is 24.3 Å². The topological polar surface area (TPSA) is 53.0 Å². The van der Waals surface area contributed by atoms with Crippen molar-refractivity contribution in [2.24, 2.45) is 5.92 Å². The zero-order valence-electron chi connectivity index (χ0n) is 19.2. The van der Waals surface area contributed by atoms with E-state index in [1.54, 1.807) is 11.9 Å². The lowest BCUT2D eigenvalue weighted by Crippen LogP contribution is -2.41. The van der Waals surface area contributed by atoms with Gasteiger partial charge in [-0.1, -0.05) is 26.2 Å². The summed E-state index contributed by atoms with van der Waals surface area (Å²) < 4.78 is 43.2. The van der Waals surface area contributed by atoms with Gasteiger partial charge in [-0.2, -0.15) is 13.2 Å². The second-order valence-corrected chi connectivity index (χ2v) is 8.68. The third kappa shape index (κ3) is 8.62. The molecule has 0 heterocycles. The smallest absolute Gasteiger partial charge is 0.410 e. The van der Waals surface area contributed by atoms with Crippen LogP contribution in [-0.2, 0) is 6.18 Å². The molecule has 0 radical (unpaired) electrons. The molecule has 1 aliphatic rings. The fourth-order valence-electron chi connectivity index (χ4n) is 4.37. The summed E-state index contributed by atoms with van der Waals surface area (Å²) in [6.07, 6.45) is 3.82. The highest BCUT2D eigenvalue weighted by Crippen LogP contribution is 2.32. The van der Waals surface area contributed by atoms with Crippen LogP contribution in [0.4, 0.5) is 18.0 Å². The average Bonchev–Trinajstić information content (AvgIpc) is 2.77. The van der Waals surface area contributed by atoms with E-state index in [0.29, 0.717) is 5.92 Å². The molecule has 1 aliphatic carbocycles. The molecule has 1 N–H and O–H groups in total. The Morgan fingerprint density at radius 2 is 1.72 bits per heavy atom. The number of ether oxygens (including phenoxy) is 1. The van der Waals surface area contributed by atoms with Gasteiger partial charge in [0, 0.05) is 19.6 Å². The van der Waals surface area contributed by atoms with E-state index in [4.69, 9.17) is 9.84 Å². The number of rotatable bonds is 11. The van der Waals surface area contributed by atoms with Crippen molar-refractivity contribution in [3.8, 4) is 5.75 Å². The number of hydrogen-bond donors (Lipinski definition) is 1. The zero-order chi connectivity index (χ0) is 23.6. The summed E-state index contributed by atoms with van der Waals surface area (Å²) in [7, 11) is 1.70. The number of aliphatic hydroxyl groups excluding tert-OH is 1. The largest absolute Gasteiger partial charge is 0.416 e. The SMILES string of the molecule is CCN(CCO)CCCCC[C@H]1CC[C@H](N(C)C(=O)Oc2ccc(C(F)(F)F)cc2)CC1. The van der Waals surface area contributed by atoms with E-state index in [-0.39, 0.29) is 18.4 Å². The number of likely N-dealkylation sites (N-methyl/N-ethyl adjacent to an activating group) is 1. The Kier molecular flexibility index (Phi) is 10.8. The van der Waals surface area contributed by atoms with Crippen LogP contribution in [0.25, 0.3) is 0 Å².